The average Bonchev–Trinajstić information content (AvgIpc) is 3.33. The van der Waals surface area contributed by atoms with Crippen LogP contribution in [0.25, 0.3) is 10.9 Å². The molecule has 1 aliphatic rings. The van der Waals surface area contributed by atoms with E-state index in [1.54, 1.807) is 19.9 Å². The van der Waals surface area contributed by atoms with E-state index in [4.69, 9.17) is 10.5 Å². The highest BCUT2D eigenvalue weighted by atomic mass is 19.1. The molecule has 0 saturated heterocycles. The van der Waals surface area contributed by atoms with Crippen molar-refractivity contribution in [2.24, 2.45) is 17.6 Å². The van der Waals surface area contributed by atoms with E-state index in [2.05, 4.69) is 20.9 Å². The van der Waals surface area contributed by atoms with Crippen LogP contribution in [0.2, 0.25) is 0 Å². The van der Waals surface area contributed by atoms with Gasteiger partial charge in [-0.15, -0.1) is 0 Å². The highest BCUT2D eigenvalue weighted by Crippen LogP contribution is 2.35. The van der Waals surface area contributed by atoms with Gasteiger partial charge in [0.05, 0.1) is 0 Å². The lowest BCUT2D eigenvalue weighted by molar-refractivity contribution is -0.137. The Morgan fingerprint density at radius 1 is 1.05 bits per heavy atom. The predicted octanol–water partition coefficient (Wildman–Crippen LogP) is 3.62. The largest absolute Gasteiger partial charge is 0.445 e. The molecule has 3 aromatic rings. The van der Waals surface area contributed by atoms with Crippen molar-refractivity contribution in [1.29, 1.82) is 0 Å². The minimum absolute atomic E-state index is 0.0253. The fourth-order valence-corrected chi connectivity index (χ4v) is 5.53. The van der Waals surface area contributed by atoms with Gasteiger partial charge < -0.3 is 31.4 Å². The highest BCUT2D eigenvalue weighted by Gasteiger charge is 2.46. The Morgan fingerprint density at radius 2 is 1.77 bits per heavy atom. The molecular formula is C32H40FN5O5. The zero-order chi connectivity index (χ0) is 31.3. The molecule has 0 spiro atoms. The molecule has 0 radical (unpaired) electrons. The van der Waals surface area contributed by atoms with Gasteiger partial charge in [0.25, 0.3) is 0 Å². The molecule has 11 heteroatoms. The van der Waals surface area contributed by atoms with Crippen molar-refractivity contribution >= 4 is 34.7 Å². The number of hydrogen-bond donors (Lipinski definition) is 5. The SMILES string of the molecule is CC[C@H](C)[C@H](NC(=O)OCc1ccccc1)C(=O)N[C@@]1(C(=O)N[C@H](C(N)=O)C(C)C)CCc2[nH]c3ccc(F)cc3c2C1. The van der Waals surface area contributed by atoms with Gasteiger partial charge in [0.1, 0.15) is 30.0 Å². The number of benzene rings is 2. The number of aromatic amines is 1. The summed E-state index contributed by atoms with van der Waals surface area (Å²) < 4.78 is 19.6. The van der Waals surface area contributed by atoms with E-state index in [0.29, 0.717) is 29.3 Å². The predicted molar refractivity (Wildman–Crippen MR) is 160 cm³/mol. The second-order valence-corrected chi connectivity index (χ2v) is 11.7. The average molecular weight is 594 g/mol. The van der Waals surface area contributed by atoms with Crippen LogP contribution in [0.1, 0.15) is 57.4 Å². The van der Waals surface area contributed by atoms with Crippen molar-refractivity contribution in [1.82, 2.24) is 20.9 Å². The molecule has 230 valence electrons. The van der Waals surface area contributed by atoms with Crippen molar-refractivity contribution in [3.05, 3.63) is 71.2 Å². The van der Waals surface area contributed by atoms with Gasteiger partial charge in [-0.1, -0.05) is 64.4 Å². The number of carbonyl (C=O) groups excluding carboxylic acids is 4. The van der Waals surface area contributed by atoms with Crippen molar-refractivity contribution in [2.75, 3.05) is 0 Å². The molecule has 0 bridgehead atoms. The Morgan fingerprint density at radius 3 is 2.42 bits per heavy atom. The summed E-state index contributed by atoms with van der Waals surface area (Å²) in [6.07, 6.45) is 0.400. The number of carbonyl (C=O) groups is 4. The van der Waals surface area contributed by atoms with Gasteiger partial charge >= 0.3 is 6.09 Å². The zero-order valence-electron chi connectivity index (χ0n) is 25.0. The lowest BCUT2D eigenvalue weighted by Gasteiger charge is -2.39. The number of aromatic nitrogens is 1. The fourth-order valence-electron chi connectivity index (χ4n) is 5.53. The molecule has 0 aliphatic heterocycles. The first-order valence-electron chi connectivity index (χ1n) is 14.6. The van der Waals surface area contributed by atoms with E-state index in [9.17, 15) is 23.6 Å². The Balaban J connectivity index is 1.63. The van der Waals surface area contributed by atoms with E-state index in [0.717, 1.165) is 11.3 Å². The summed E-state index contributed by atoms with van der Waals surface area (Å²) in [5.74, 6) is -2.89. The molecule has 4 amide bonds. The van der Waals surface area contributed by atoms with Gasteiger partial charge in [0.2, 0.25) is 17.7 Å². The maximum Gasteiger partial charge on any atom is 0.408 e. The van der Waals surface area contributed by atoms with Crippen molar-refractivity contribution in [3.63, 3.8) is 0 Å². The number of alkyl carbamates (subject to hydrolysis) is 1. The smallest absolute Gasteiger partial charge is 0.408 e. The summed E-state index contributed by atoms with van der Waals surface area (Å²) in [5.41, 5.74) is 7.14. The quantitative estimate of drug-likeness (QED) is 0.230. The summed E-state index contributed by atoms with van der Waals surface area (Å²) in [6, 6.07) is 11.5. The Bertz CT molecular complexity index is 1490. The van der Waals surface area contributed by atoms with Crippen LogP contribution in [-0.4, -0.2) is 46.4 Å². The van der Waals surface area contributed by atoms with Gasteiger partial charge in [0.15, 0.2) is 0 Å². The lowest BCUT2D eigenvalue weighted by Crippen LogP contribution is -2.67. The number of nitrogens with one attached hydrogen (secondary N) is 4. The third-order valence-corrected chi connectivity index (χ3v) is 8.28. The number of halogens is 1. The van der Waals surface area contributed by atoms with E-state index in [1.165, 1.54) is 12.1 Å². The topological polar surface area (TPSA) is 155 Å². The van der Waals surface area contributed by atoms with E-state index >= 15 is 0 Å². The molecule has 6 N–H and O–H groups in total. The number of nitrogens with two attached hydrogens (primary N) is 1. The number of H-pyrrole nitrogens is 1. The normalized spacial score (nSPS) is 18.3. The summed E-state index contributed by atoms with van der Waals surface area (Å²) in [4.78, 5) is 56.2. The Hall–Kier alpha value is -4.41. The first kappa shape index (κ1) is 31.5. The third-order valence-electron chi connectivity index (χ3n) is 8.28. The molecule has 1 aliphatic carbocycles. The molecular weight excluding hydrogens is 553 g/mol. The van der Waals surface area contributed by atoms with Crippen LogP contribution in [0.15, 0.2) is 48.5 Å². The summed E-state index contributed by atoms with van der Waals surface area (Å²) in [5, 5.41) is 8.98. The number of fused-ring (bicyclic) bond motifs is 3. The van der Waals surface area contributed by atoms with Crippen molar-refractivity contribution in [3.8, 4) is 0 Å². The number of primary amides is 1. The summed E-state index contributed by atoms with van der Waals surface area (Å²) in [7, 11) is 0. The molecule has 0 saturated carbocycles. The first-order chi connectivity index (χ1) is 20.4. The number of ether oxygens (including phenoxy) is 1. The second kappa shape index (κ2) is 13.3. The van der Waals surface area contributed by atoms with Gasteiger partial charge in [-0.05, 0) is 54.0 Å². The maximum atomic E-state index is 14.3. The van der Waals surface area contributed by atoms with Crippen LogP contribution in [0, 0.1) is 17.7 Å². The highest BCUT2D eigenvalue weighted by molar-refractivity contribution is 5.98. The monoisotopic (exact) mass is 593 g/mol. The van der Waals surface area contributed by atoms with Crippen LogP contribution in [0.3, 0.4) is 0 Å². The second-order valence-electron chi connectivity index (χ2n) is 11.7. The Kier molecular flexibility index (Phi) is 9.73. The van der Waals surface area contributed by atoms with Crippen molar-refractivity contribution in [2.45, 2.75) is 77.6 Å². The molecule has 2 aromatic carbocycles. The first-order valence-corrected chi connectivity index (χ1v) is 14.6. The standard InChI is InChI=1S/C32H40FN5O5/c1-5-19(4)27(37-31(42)43-17-20-9-7-6-8-10-20)29(40)38-32(30(41)36-26(18(2)3)28(34)39)14-13-25-23(16-32)22-15-21(33)11-12-24(22)35-25/h6-12,15,18-19,26-27,35H,5,13-14,16-17H2,1-4H3,(H2,34,39)(H,36,41)(H,37,42)(H,38,40)/t19-,26-,27-,32-/m0/s1. The van der Waals surface area contributed by atoms with Gasteiger partial charge in [-0.3, -0.25) is 14.4 Å². The molecule has 1 aromatic heterocycles. The van der Waals surface area contributed by atoms with E-state index in [-0.39, 0.29) is 31.3 Å². The van der Waals surface area contributed by atoms with Crippen LogP contribution >= 0.6 is 0 Å². The number of hydrogen-bond acceptors (Lipinski definition) is 5. The van der Waals surface area contributed by atoms with Crippen LogP contribution in [0.5, 0.6) is 0 Å². The molecule has 43 heavy (non-hydrogen) atoms. The fraction of sp³-hybridized carbons (Fsp3) is 0.438. The number of aryl methyl sites for hydroxylation is 1. The van der Waals surface area contributed by atoms with Gasteiger partial charge in [0, 0.05) is 23.0 Å². The molecule has 4 atom stereocenters. The molecule has 0 fully saturated rings. The van der Waals surface area contributed by atoms with Crippen LogP contribution < -0.4 is 21.7 Å². The molecule has 10 nitrogen and oxygen atoms in total. The van der Waals surface area contributed by atoms with Crippen molar-refractivity contribution < 1.29 is 28.3 Å². The van der Waals surface area contributed by atoms with E-state index < -0.39 is 47.3 Å². The molecule has 4 rings (SSSR count). The summed E-state index contributed by atoms with van der Waals surface area (Å²) >= 11 is 0. The molecule has 1 heterocycles. The molecule has 0 unspecified atom stereocenters. The van der Waals surface area contributed by atoms with Crippen LogP contribution in [-0.2, 0) is 38.6 Å². The minimum atomic E-state index is -1.50. The van der Waals surface area contributed by atoms with Gasteiger partial charge in [-0.2, -0.15) is 0 Å². The summed E-state index contributed by atoms with van der Waals surface area (Å²) in [6.45, 7) is 7.24. The Labute approximate surface area is 250 Å². The van der Waals surface area contributed by atoms with E-state index in [1.807, 2.05) is 44.2 Å². The number of rotatable bonds is 11. The maximum absolute atomic E-state index is 14.3. The van der Waals surface area contributed by atoms with Gasteiger partial charge in [-0.25, -0.2) is 9.18 Å². The third kappa shape index (κ3) is 7.15. The minimum Gasteiger partial charge on any atom is -0.445 e. The van der Waals surface area contributed by atoms with Crippen LogP contribution in [0.4, 0.5) is 9.18 Å². The number of amides is 4. The zero-order valence-corrected chi connectivity index (χ0v) is 25.0. The lowest BCUT2D eigenvalue weighted by atomic mass is 9.78.